The van der Waals surface area contributed by atoms with E-state index in [9.17, 15) is 4.79 Å². The van der Waals surface area contributed by atoms with Crippen LogP contribution in [0.25, 0.3) is 11.4 Å². The normalized spacial score (nSPS) is 10.5. The predicted octanol–water partition coefficient (Wildman–Crippen LogP) is 3.69. The van der Waals surface area contributed by atoms with Crippen LogP contribution >= 0.6 is 11.6 Å². The van der Waals surface area contributed by atoms with Gasteiger partial charge >= 0.3 is 0 Å². The standard InChI is InChI=1S/C16H13ClN4O/c1-10-18-15(21-20-10)11-3-2-4-12(9-11)16(22)19-14-7-5-13(17)6-8-14/h2-9H,1H3,(H,19,22)(H,18,20,21). The fourth-order valence-electron chi connectivity index (χ4n) is 2.01. The minimum Gasteiger partial charge on any atom is -0.322 e. The van der Waals surface area contributed by atoms with Crippen LogP contribution in [0.4, 0.5) is 5.69 Å². The molecule has 0 aliphatic carbocycles. The van der Waals surface area contributed by atoms with Crippen molar-refractivity contribution in [1.82, 2.24) is 15.2 Å². The zero-order valence-corrected chi connectivity index (χ0v) is 12.6. The number of nitrogens with zero attached hydrogens (tertiary/aromatic N) is 2. The highest BCUT2D eigenvalue weighted by Gasteiger charge is 2.09. The molecular weight excluding hydrogens is 300 g/mol. The van der Waals surface area contributed by atoms with E-state index >= 15 is 0 Å². The average molecular weight is 313 g/mol. The molecule has 1 amide bonds. The lowest BCUT2D eigenvalue weighted by atomic mass is 10.1. The minimum atomic E-state index is -0.198. The maximum atomic E-state index is 12.3. The number of benzene rings is 2. The molecule has 0 aliphatic heterocycles. The van der Waals surface area contributed by atoms with Crippen molar-refractivity contribution in [2.75, 3.05) is 5.32 Å². The molecule has 6 heteroatoms. The van der Waals surface area contributed by atoms with Gasteiger partial charge in [-0.25, -0.2) is 4.98 Å². The number of aryl methyl sites for hydroxylation is 1. The quantitative estimate of drug-likeness (QED) is 0.775. The van der Waals surface area contributed by atoms with E-state index in [4.69, 9.17) is 11.6 Å². The van der Waals surface area contributed by atoms with Crippen molar-refractivity contribution in [2.45, 2.75) is 6.92 Å². The molecule has 2 aromatic carbocycles. The molecule has 0 spiro atoms. The minimum absolute atomic E-state index is 0.198. The summed E-state index contributed by atoms with van der Waals surface area (Å²) in [5, 5.41) is 10.3. The number of hydrogen-bond donors (Lipinski definition) is 2. The number of nitrogens with one attached hydrogen (secondary N) is 2. The molecule has 2 N–H and O–H groups in total. The van der Waals surface area contributed by atoms with Gasteiger partial charge in [0.25, 0.3) is 5.91 Å². The molecule has 0 saturated carbocycles. The zero-order chi connectivity index (χ0) is 15.5. The van der Waals surface area contributed by atoms with E-state index in [2.05, 4.69) is 20.5 Å². The van der Waals surface area contributed by atoms with E-state index in [1.807, 2.05) is 13.0 Å². The van der Waals surface area contributed by atoms with E-state index in [0.29, 0.717) is 22.1 Å². The summed E-state index contributed by atoms with van der Waals surface area (Å²) in [5.74, 6) is 1.10. The van der Waals surface area contributed by atoms with Gasteiger partial charge in [0.1, 0.15) is 5.82 Å². The molecule has 3 aromatic rings. The molecular formula is C16H13ClN4O. The van der Waals surface area contributed by atoms with Crippen LogP contribution in [0.5, 0.6) is 0 Å². The molecule has 0 fully saturated rings. The Morgan fingerprint density at radius 2 is 1.95 bits per heavy atom. The van der Waals surface area contributed by atoms with Crippen LogP contribution in [0.1, 0.15) is 16.2 Å². The first-order chi connectivity index (χ1) is 10.6. The van der Waals surface area contributed by atoms with Crippen LogP contribution in [-0.4, -0.2) is 21.1 Å². The van der Waals surface area contributed by atoms with Crippen LogP contribution in [0.15, 0.2) is 48.5 Å². The summed E-state index contributed by atoms with van der Waals surface area (Å²) in [4.78, 5) is 16.6. The summed E-state index contributed by atoms with van der Waals surface area (Å²) in [6.07, 6.45) is 0. The van der Waals surface area contributed by atoms with Gasteiger partial charge in [-0.05, 0) is 43.3 Å². The van der Waals surface area contributed by atoms with Gasteiger partial charge in [-0.3, -0.25) is 9.89 Å². The summed E-state index contributed by atoms with van der Waals surface area (Å²) in [7, 11) is 0. The summed E-state index contributed by atoms with van der Waals surface area (Å²) in [6.45, 7) is 1.83. The fraction of sp³-hybridized carbons (Fsp3) is 0.0625. The summed E-state index contributed by atoms with van der Waals surface area (Å²) in [6, 6.07) is 14.1. The van der Waals surface area contributed by atoms with Crippen LogP contribution in [0.2, 0.25) is 5.02 Å². The Balaban J connectivity index is 1.82. The molecule has 0 atom stereocenters. The number of aromatic nitrogens is 3. The van der Waals surface area contributed by atoms with Crippen molar-refractivity contribution in [3.63, 3.8) is 0 Å². The molecule has 0 bridgehead atoms. The van der Waals surface area contributed by atoms with E-state index < -0.39 is 0 Å². The molecule has 1 aromatic heterocycles. The average Bonchev–Trinajstić information content (AvgIpc) is 2.96. The number of halogens is 1. The van der Waals surface area contributed by atoms with E-state index in [0.717, 1.165) is 11.4 Å². The monoisotopic (exact) mass is 312 g/mol. The Kier molecular flexibility index (Phi) is 3.89. The maximum absolute atomic E-state index is 12.3. The van der Waals surface area contributed by atoms with Crippen molar-refractivity contribution in [2.24, 2.45) is 0 Å². The number of carbonyl (C=O) groups is 1. The van der Waals surface area contributed by atoms with Crippen LogP contribution in [-0.2, 0) is 0 Å². The Labute approximate surface area is 132 Å². The highest BCUT2D eigenvalue weighted by atomic mass is 35.5. The van der Waals surface area contributed by atoms with Crippen LogP contribution in [0.3, 0.4) is 0 Å². The smallest absolute Gasteiger partial charge is 0.255 e. The van der Waals surface area contributed by atoms with E-state index in [-0.39, 0.29) is 5.91 Å². The molecule has 0 saturated heterocycles. The van der Waals surface area contributed by atoms with Crippen molar-refractivity contribution in [1.29, 1.82) is 0 Å². The molecule has 0 radical (unpaired) electrons. The van der Waals surface area contributed by atoms with Gasteiger partial charge in [-0.1, -0.05) is 23.7 Å². The third-order valence-corrected chi connectivity index (χ3v) is 3.33. The lowest BCUT2D eigenvalue weighted by Gasteiger charge is -2.06. The van der Waals surface area contributed by atoms with Crippen molar-refractivity contribution in [3.8, 4) is 11.4 Å². The molecule has 0 unspecified atom stereocenters. The van der Waals surface area contributed by atoms with Gasteiger partial charge in [-0.2, -0.15) is 5.10 Å². The Hall–Kier alpha value is -2.66. The first-order valence-electron chi connectivity index (χ1n) is 6.68. The number of anilines is 1. The van der Waals surface area contributed by atoms with Crippen LogP contribution in [0, 0.1) is 6.92 Å². The molecule has 110 valence electrons. The topological polar surface area (TPSA) is 70.7 Å². The van der Waals surface area contributed by atoms with Gasteiger partial charge in [0.2, 0.25) is 0 Å². The third-order valence-electron chi connectivity index (χ3n) is 3.08. The van der Waals surface area contributed by atoms with Crippen molar-refractivity contribution < 1.29 is 4.79 Å². The number of amides is 1. The lowest BCUT2D eigenvalue weighted by Crippen LogP contribution is -2.11. The fourth-order valence-corrected chi connectivity index (χ4v) is 2.13. The van der Waals surface area contributed by atoms with Gasteiger partial charge in [-0.15, -0.1) is 0 Å². The molecule has 1 heterocycles. The lowest BCUT2D eigenvalue weighted by molar-refractivity contribution is 0.102. The van der Waals surface area contributed by atoms with Crippen LogP contribution < -0.4 is 5.32 Å². The second kappa shape index (κ2) is 5.99. The number of aromatic amines is 1. The van der Waals surface area contributed by atoms with Gasteiger partial charge in [0.15, 0.2) is 5.82 Å². The van der Waals surface area contributed by atoms with Crippen molar-refractivity contribution >= 4 is 23.2 Å². The van der Waals surface area contributed by atoms with E-state index in [1.165, 1.54) is 0 Å². The molecule has 22 heavy (non-hydrogen) atoms. The summed E-state index contributed by atoms with van der Waals surface area (Å²) in [5.41, 5.74) is 2.01. The van der Waals surface area contributed by atoms with Gasteiger partial charge in [0.05, 0.1) is 0 Å². The summed E-state index contributed by atoms with van der Waals surface area (Å²) < 4.78 is 0. The SMILES string of the molecule is Cc1nc(-c2cccc(C(=O)Nc3ccc(Cl)cc3)c2)n[nH]1. The largest absolute Gasteiger partial charge is 0.322 e. The Morgan fingerprint density at radius 3 is 2.64 bits per heavy atom. The zero-order valence-electron chi connectivity index (χ0n) is 11.8. The second-order valence-corrected chi connectivity index (χ2v) is 5.22. The summed E-state index contributed by atoms with van der Waals surface area (Å²) >= 11 is 5.83. The van der Waals surface area contributed by atoms with Gasteiger partial charge in [0, 0.05) is 21.8 Å². The second-order valence-electron chi connectivity index (χ2n) is 4.79. The molecule has 0 aliphatic rings. The molecule has 5 nitrogen and oxygen atoms in total. The van der Waals surface area contributed by atoms with E-state index in [1.54, 1.807) is 42.5 Å². The number of carbonyl (C=O) groups excluding carboxylic acids is 1. The van der Waals surface area contributed by atoms with Gasteiger partial charge < -0.3 is 5.32 Å². The first-order valence-corrected chi connectivity index (χ1v) is 7.06. The highest BCUT2D eigenvalue weighted by Crippen LogP contribution is 2.18. The number of rotatable bonds is 3. The predicted molar refractivity (Wildman–Crippen MR) is 86.0 cm³/mol. The maximum Gasteiger partial charge on any atom is 0.255 e. The number of hydrogen-bond acceptors (Lipinski definition) is 3. The molecule has 3 rings (SSSR count). The number of H-pyrrole nitrogens is 1. The first kappa shape index (κ1) is 14.3. The Morgan fingerprint density at radius 1 is 1.18 bits per heavy atom. The highest BCUT2D eigenvalue weighted by molar-refractivity contribution is 6.30. The third kappa shape index (κ3) is 3.15. The van der Waals surface area contributed by atoms with Crippen molar-refractivity contribution in [3.05, 3.63) is 64.9 Å². The Bertz CT molecular complexity index is 811.